The van der Waals surface area contributed by atoms with E-state index in [9.17, 15) is 9.59 Å². The lowest BCUT2D eigenvalue weighted by Crippen LogP contribution is -2.14. The van der Waals surface area contributed by atoms with Crippen LogP contribution in [0, 0.1) is 5.92 Å². The van der Waals surface area contributed by atoms with Gasteiger partial charge in [-0.1, -0.05) is 6.08 Å². The van der Waals surface area contributed by atoms with Gasteiger partial charge in [-0.3, -0.25) is 9.59 Å². The van der Waals surface area contributed by atoms with Crippen molar-refractivity contribution in [3.05, 3.63) is 11.6 Å². The maximum absolute atomic E-state index is 11.2. The molecule has 1 unspecified atom stereocenters. The molecule has 0 amide bonds. The van der Waals surface area contributed by atoms with E-state index in [0.29, 0.717) is 13.0 Å². The van der Waals surface area contributed by atoms with Crippen molar-refractivity contribution in [1.82, 2.24) is 0 Å². The molecule has 0 radical (unpaired) electrons. The lowest BCUT2D eigenvalue weighted by molar-refractivity contribution is -0.143. The third kappa shape index (κ3) is 2.69. The standard InChI is InChI=1S/C11H16O3/c1-3-14-11(13)7-9-5-4-6-10(9)8(2)12/h6,9H,3-5,7H2,1-2H3. The van der Waals surface area contributed by atoms with E-state index in [1.807, 2.05) is 6.08 Å². The normalized spacial score (nSPS) is 20.4. The molecule has 0 bridgehead atoms. The predicted molar refractivity (Wildman–Crippen MR) is 52.7 cm³/mol. The molecule has 1 atom stereocenters. The fourth-order valence-electron chi connectivity index (χ4n) is 1.83. The zero-order valence-corrected chi connectivity index (χ0v) is 8.71. The smallest absolute Gasteiger partial charge is 0.306 e. The number of rotatable bonds is 4. The number of carbonyl (C=O) groups is 2. The number of hydrogen-bond acceptors (Lipinski definition) is 3. The first kappa shape index (κ1) is 11.0. The number of ketones is 1. The van der Waals surface area contributed by atoms with Crippen molar-refractivity contribution in [2.24, 2.45) is 5.92 Å². The molecule has 3 nitrogen and oxygen atoms in total. The van der Waals surface area contributed by atoms with Crippen LogP contribution in [0.15, 0.2) is 11.6 Å². The number of esters is 1. The first-order valence-corrected chi connectivity index (χ1v) is 5.01. The fourth-order valence-corrected chi connectivity index (χ4v) is 1.83. The van der Waals surface area contributed by atoms with Gasteiger partial charge in [0, 0.05) is 0 Å². The van der Waals surface area contributed by atoms with Gasteiger partial charge in [-0.25, -0.2) is 0 Å². The Balaban J connectivity index is 2.49. The van der Waals surface area contributed by atoms with Gasteiger partial charge in [-0.15, -0.1) is 0 Å². The molecule has 14 heavy (non-hydrogen) atoms. The van der Waals surface area contributed by atoms with E-state index in [2.05, 4.69) is 0 Å². The second-order valence-electron chi connectivity index (χ2n) is 3.50. The first-order chi connectivity index (χ1) is 6.65. The van der Waals surface area contributed by atoms with Gasteiger partial charge in [0.25, 0.3) is 0 Å². The Hall–Kier alpha value is -1.12. The second kappa shape index (κ2) is 4.94. The highest BCUT2D eigenvalue weighted by molar-refractivity contribution is 5.94. The van der Waals surface area contributed by atoms with Crippen molar-refractivity contribution < 1.29 is 14.3 Å². The minimum absolute atomic E-state index is 0.0804. The van der Waals surface area contributed by atoms with Crippen LogP contribution >= 0.6 is 0 Å². The Labute approximate surface area is 84.1 Å². The molecule has 1 rings (SSSR count). The summed E-state index contributed by atoms with van der Waals surface area (Å²) in [4.78, 5) is 22.4. The Kier molecular flexibility index (Phi) is 3.86. The predicted octanol–water partition coefficient (Wildman–Crippen LogP) is 1.86. The van der Waals surface area contributed by atoms with Gasteiger partial charge in [-0.05, 0) is 38.2 Å². The van der Waals surface area contributed by atoms with E-state index in [1.165, 1.54) is 0 Å². The average Bonchev–Trinajstić information content (AvgIpc) is 2.52. The maximum atomic E-state index is 11.2. The molecule has 0 saturated heterocycles. The van der Waals surface area contributed by atoms with Crippen LogP contribution in [0.3, 0.4) is 0 Å². The lowest BCUT2D eigenvalue weighted by Gasteiger charge is -2.11. The number of carbonyl (C=O) groups excluding carboxylic acids is 2. The summed E-state index contributed by atoms with van der Waals surface area (Å²) in [7, 11) is 0. The van der Waals surface area contributed by atoms with Crippen molar-refractivity contribution in [2.45, 2.75) is 33.1 Å². The molecular formula is C11H16O3. The number of Topliss-reactive ketones (excluding diaryl/α,β-unsaturated/α-hetero) is 1. The molecular weight excluding hydrogens is 180 g/mol. The summed E-state index contributed by atoms with van der Waals surface area (Å²) in [6, 6.07) is 0. The minimum Gasteiger partial charge on any atom is -0.466 e. The van der Waals surface area contributed by atoms with Crippen LogP contribution in [0.4, 0.5) is 0 Å². The van der Waals surface area contributed by atoms with Crippen LogP contribution in [-0.4, -0.2) is 18.4 Å². The van der Waals surface area contributed by atoms with Crippen LogP contribution in [0.5, 0.6) is 0 Å². The van der Waals surface area contributed by atoms with Crippen molar-refractivity contribution in [1.29, 1.82) is 0 Å². The van der Waals surface area contributed by atoms with E-state index >= 15 is 0 Å². The van der Waals surface area contributed by atoms with Gasteiger partial charge >= 0.3 is 5.97 Å². The zero-order chi connectivity index (χ0) is 10.6. The summed E-state index contributed by atoms with van der Waals surface area (Å²) < 4.78 is 4.85. The van der Waals surface area contributed by atoms with Crippen molar-refractivity contribution in [3.63, 3.8) is 0 Å². The van der Waals surface area contributed by atoms with E-state index in [4.69, 9.17) is 4.74 Å². The average molecular weight is 196 g/mol. The van der Waals surface area contributed by atoms with Gasteiger partial charge in [0.05, 0.1) is 13.0 Å². The first-order valence-electron chi connectivity index (χ1n) is 5.01. The third-order valence-electron chi connectivity index (χ3n) is 2.44. The van der Waals surface area contributed by atoms with Crippen LogP contribution in [0.1, 0.15) is 33.1 Å². The molecule has 3 heteroatoms. The highest BCUT2D eigenvalue weighted by Gasteiger charge is 2.25. The molecule has 0 aliphatic heterocycles. The molecule has 0 aromatic heterocycles. The highest BCUT2D eigenvalue weighted by atomic mass is 16.5. The van der Waals surface area contributed by atoms with Gasteiger partial charge in [-0.2, -0.15) is 0 Å². The maximum Gasteiger partial charge on any atom is 0.306 e. The quantitative estimate of drug-likeness (QED) is 0.644. The third-order valence-corrected chi connectivity index (χ3v) is 2.44. The van der Waals surface area contributed by atoms with Crippen LogP contribution < -0.4 is 0 Å². The number of allylic oxidation sites excluding steroid dienone is 2. The summed E-state index contributed by atoms with van der Waals surface area (Å²) in [5, 5.41) is 0. The van der Waals surface area contributed by atoms with Crippen molar-refractivity contribution >= 4 is 11.8 Å². The molecule has 0 fully saturated rings. The molecule has 1 aliphatic rings. The number of ether oxygens (including phenoxy) is 1. The Bertz CT molecular complexity index is 266. The van der Waals surface area contributed by atoms with Gasteiger partial charge < -0.3 is 4.74 Å². The van der Waals surface area contributed by atoms with Crippen LogP contribution in [0.25, 0.3) is 0 Å². The fraction of sp³-hybridized carbons (Fsp3) is 0.636. The summed E-state index contributed by atoms with van der Waals surface area (Å²) in [6.07, 6.45) is 4.08. The van der Waals surface area contributed by atoms with E-state index in [1.54, 1.807) is 13.8 Å². The van der Waals surface area contributed by atoms with Gasteiger partial charge in [0.1, 0.15) is 0 Å². The molecule has 0 aromatic rings. The van der Waals surface area contributed by atoms with Gasteiger partial charge in [0.2, 0.25) is 0 Å². The SMILES string of the molecule is CCOC(=O)CC1CCC=C1C(C)=O. The highest BCUT2D eigenvalue weighted by Crippen LogP contribution is 2.29. The molecule has 0 saturated carbocycles. The molecule has 0 aromatic carbocycles. The van der Waals surface area contributed by atoms with E-state index < -0.39 is 0 Å². The van der Waals surface area contributed by atoms with E-state index in [0.717, 1.165) is 18.4 Å². The van der Waals surface area contributed by atoms with Crippen LogP contribution in [-0.2, 0) is 14.3 Å². The van der Waals surface area contributed by atoms with Gasteiger partial charge in [0.15, 0.2) is 5.78 Å². The van der Waals surface area contributed by atoms with E-state index in [-0.39, 0.29) is 17.7 Å². The molecule has 0 heterocycles. The lowest BCUT2D eigenvalue weighted by atomic mass is 9.95. The number of hydrogen-bond donors (Lipinski definition) is 0. The molecule has 0 N–H and O–H groups in total. The molecule has 0 spiro atoms. The summed E-state index contributed by atoms with van der Waals surface area (Å²) >= 11 is 0. The monoisotopic (exact) mass is 196 g/mol. The molecule has 1 aliphatic carbocycles. The molecule has 78 valence electrons. The summed E-state index contributed by atoms with van der Waals surface area (Å²) in [6.45, 7) is 3.74. The van der Waals surface area contributed by atoms with Crippen LogP contribution in [0.2, 0.25) is 0 Å². The van der Waals surface area contributed by atoms with Crippen molar-refractivity contribution in [2.75, 3.05) is 6.61 Å². The second-order valence-corrected chi connectivity index (χ2v) is 3.50. The summed E-state index contributed by atoms with van der Waals surface area (Å²) in [5.74, 6) is -0.0325. The largest absolute Gasteiger partial charge is 0.466 e. The summed E-state index contributed by atoms with van der Waals surface area (Å²) in [5.41, 5.74) is 0.804. The Morgan fingerprint density at radius 3 is 2.86 bits per heavy atom. The zero-order valence-electron chi connectivity index (χ0n) is 8.71. The Morgan fingerprint density at radius 2 is 2.29 bits per heavy atom. The minimum atomic E-state index is -0.202. The Morgan fingerprint density at radius 1 is 1.57 bits per heavy atom. The van der Waals surface area contributed by atoms with Crippen molar-refractivity contribution in [3.8, 4) is 0 Å². The topological polar surface area (TPSA) is 43.4 Å².